The molecule has 1 unspecified atom stereocenters. The number of hydrogen-bond donors (Lipinski definition) is 2. The monoisotopic (exact) mass is 552 g/mol. The number of allylic oxidation sites excluding steroid dienone is 1. The van der Waals surface area contributed by atoms with E-state index in [-0.39, 0.29) is 12.5 Å². The molecule has 1 heterocycles. The summed E-state index contributed by atoms with van der Waals surface area (Å²) < 4.78 is 6.23. The van der Waals surface area contributed by atoms with E-state index in [0.717, 1.165) is 52.6 Å². The fourth-order valence-electron chi connectivity index (χ4n) is 4.88. The highest BCUT2D eigenvalue weighted by molar-refractivity contribution is 6.31. The van der Waals surface area contributed by atoms with Gasteiger partial charge in [0.05, 0.1) is 22.9 Å². The van der Waals surface area contributed by atoms with E-state index >= 15 is 0 Å². The molecule has 0 saturated carbocycles. The fourth-order valence-corrected chi connectivity index (χ4v) is 5.05. The van der Waals surface area contributed by atoms with Crippen molar-refractivity contribution in [2.75, 3.05) is 6.61 Å². The Morgan fingerprint density at radius 3 is 2.70 bits per heavy atom. The molecule has 6 heteroatoms. The standard InChI is InChI=1S/C34H33ClN2O3/c1-34(2,39)29-12-5-6-13-32(29)40-22-31(37-33(38)25-9-3-4-10-25)26-11-7-8-23(20-26)14-18-28-19-16-24-15-17-27(35)21-30(24)36-28/h5-9,11-21,31,39H,3-4,10,22H2,1-2H3,(H,37,38)/b18-14+. The van der Waals surface area contributed by atoms with Gasteiger partial charge in [0.25, 0.3) is 0 Å². The van der Waals surface area contributed by atoms with Gasteiger partial charge in [-0.05, 0) is 80.6 Å². The first-order valence-electron chi connectivity index (χ1n) is 13.6. The molecule has 1 atom stereocenters. The quantitative estimate of drug-likeness (QED) is 0.224. The first-order chi connectivity index (χ1) is 19.3. The summed E-state index contributed by atoms with van der Waals surface area (Å²) in [6.45, 7) is 3.68. The number of aromatic nitrogens is 1. The van der Waals surface area contributed by atoms with Crippen LogP contribution in [0.5, 0.6) is 5.75 Å². The molecule has 0 radical (unpaired) electrons. The van der Waals surface area contributed by atoms with Crippen molar-refractivity contribution in [3.63, 3.8) is 0 Å². The van der Waals surface area contributed by atoms with E-state index in [0.29, 0.717) is 16.3 Å². The van der Waals surface area contributed by atoms with Gasteiger partial charge < -0.3 is 15.2 Å². The number of ether oxygens (including phenoxy) is 1. The number of benzene rings is 3. The Balaban J connectivity index is 1.39. The maximum absolute atomic E-state index is 13.1. The lowest BCUT2D eigenvalue weighted by molar-refractivity contribution is -0.118. The third-order valence-electron chi connectivity index (χ3n) is 7.02. The number of nitrogens with zero attached hydrogens (tertiary/aromatic N) is 1. The number of carbonyl (C=O) groups is 1. The van der Waals surface area contributed by atoms with Crippen LogP contribution in [-0.4, -0.2) is 22.6 Å². The number of hydrogen-bond acceptors (Lipinski definition) is 4. The average molecular weight is 553 g/mol. The minimum atomic E-state index is -1.06. The molecule has 1 aliphatic carbocycles. The van der Waals surface area contributed by atoms with Crippen molar-refractivity contribution in [3.8, 4) is 5.75 Å². The molecule has 0 bridgehead atoms. The van der Waals surface area contributed by atoms with E-state index in [2.05, 4.69) is 5.32 Å². The number of halogens is 1. The highest BCUT2D eigenvalue weighted by atomic mass is 35.5. The van der Waals surface area contributed by atoms with Crippen molar-refractivity contribution >= 4 is 40.6 Å². The van der Waals surface area contributed by atoms with Crippen LogP contribution in [0.25, 0.3) is 23.1 Å². The Hall–Kier alpha value is -3.93. The Bertz CT molecular complexity index is 1590. The first kappa shape index (κ1) is 27.6. The smallest absolute Gasteiger partial charge is 0.247 e. The molecule has 0 fully saturated rings. The number of aliphatic hydroxyl groups is 1. The number of amides is 1. The highest BCUT2D eigenvalue weighted by Crippen LogP contribution is 2.30. The molecule has 2 N–H and O–H groups in total. The molecule has 5 nitrogen and oxygen atoms in total. The van der Waals surface area contributed by atoms with Crippen molar-refractivity contribution < 1.29 is 14.6 Å². The molecule has 40 heavy (non-hydrogen) atoms. The van der Waals surface area contributed by atoms with Gasteiger partial charge in [-0.2, -0.15) is 0 Å². The second kappa shape index (κ2) is 12.1. The fraction of sp³-hybridized carbons (Fsp3) is 0.235. The molecule has 5 rings (SSSR count). The molecule has 204 valence electrons. The summed E-state index contributed by atoms with van der Waals surface area (Å²) in [6, 6.07) is 24.8. The van der Waals surface area contributed by atoms with Gasteiger partial charge in [0.15, 0.2) is 0 Å². The molecular formula is C34H33ClN2O3. The summed E-state index contributed by atoms with van der Waals surface area (Å²) in [7, 11) is 0. The van der Waals surface area contributed by atoms with Crippen molar-refractivity contribution in [3.05, 3.63) is 118 Å². The maximum Gasteiger partial charge on any atom is 0.247 e. The van der Waals surface area contributed by atoms with Crippen LogP contribution in [-0.2, 0) is 10.4 Å². The zero-order chi connectivity index (χ0) is 28.1. The molecule has 0 saturated heterocycles. The third-order valence-corrected chi connectivity index (χ3v) is 7.26. The minimum absolute atomic E-state index is 0.0677. The van der Waals surface area contributed by atoms with Gasteiger partial charge >= 0.3 is 0 Å². The lowest BCUT2D eigenvalue weighted by atomic mass is 9.97. The van der Waals surface area contributed by atoms with Crippen LogP contribution in [0, 0.1) is 0 Å². The normalized spacial score (nSPS) is 14.3. The van der Waals surface area contributed by atoms with Crippen LogP contribution in [0.2, 0.25) is 5.02 Å². The summed E-state index contributed by atoms with van der Waals surface area (Å²) in [5, 5.41) is 15.5. The van der Waals surface area contributed by atoms with Crippen LogP contribution in [0.3, 0.4) is 0 Å². The molecule has 1 amide bonds. The Morgan fingerprint density at radius 1 is 1.07 bits per heavy atom. The number of nitrogens with one attached hydrogen (secondary N) is 1. The SMILES string of the molecule is CC(C)(O)c1ccccc1OCC(NC(=O)C1=CCCC1)c1cccc(/C=C/c2ccc3ccc(Cl)cc3n2)c1. The van der Waals surface area contributed by atoms with E-state index in [1.807, 2.05) is 97.1 Å². The van der Waals surface area contributed by atoms with Crippen LogP contribution in [0.1, 0.15) is 61.5 Å². The highest BCUT2D eigenvalue weighted by Gasteiger charge is 2.23. The van der Waals surface area contributed by atoms with E-state index < -0.39 is 11.6 Å². The zero-order valence-electron chi connectivity index (χ0n) is 22.7. The second-order valence-corrected chi connectivity index (χ2v) is 11.0. The Morgan fingerprint density at radius 2 is 1.90 bits per heavy atom. The lowest BCUT2D eigenvalue weighted by Gasteiger charge is -2.24. The van der Waals surface area contributed by atoms with Gasteiger partial charge in [-0.1, -0.05) is 72.3 Å². The number of fused-ring (bicyclic) bond motifs is 1. The van der Waals surface area contributed by atoms with Gasteiger partial charge in [-0.15, -0.1) is 0 Å². The van der Waals surface area contributed by atoms with Crippen LogP contribution >= 0.6 is 11.6 Å². The van der Waals surface area contributed by atoms with Crippen LogP contribution < -0.4 is 10.1 Å². The van der Waals surface area contributed by atoms with E-state index in [9.17, 15) is 9.90 Å². The first-order valence-corrected chi connectivity index (χ1v) is 13.9. The number of rotatable bonds is 9. The van der Waals surface area contributed by atoms with E-state index in [4.69, 9.17) is 21.3 Å². The van der Waals surface area contributed by atoms with Crippen molar-refractivity contribution in [2.24, 2.45) is 0 Å². The second-order valence-electron chi connectivity index (χ2n) is 10.6. The van der Waals surface area contributed by atoms with Crippen molar-refractivity contribution in [2.45, 2.75) is 44.8 Å². The van der Waals surface area contributed by atoms with Gasteiger partial charge in [0.1, 0.15) is 12.4 Å². The number of para-hydroxylation sites is 1. The predicted octanol–water partition coefficient (Wildman–Crippen LogP) is 7.63. The van der Waals surface area contributed by atoms with Crippen molar-refractivity contribution in [1.29, 1.82) is 0 Å². The van der Waals surface area contributed by atoms with Crippen molar-refractivity contribution in [1.82, 2.24) is 10.3 Å². The molecule has 4 aromatic rings. The minimum Gasteiger partial charge on any atom is -0.491 e. The summed E-state index contributed by atoms with van der Waals surface area (Å²) >= 11 is 6.15. The summed E-state index contributed by atoms with van der Waals surface area (Å²) in [5.41, 5.74) is 4.02. The largest absolute Gasteiger partial charge is 0.491 e. The molecule has 1 aliphatic rings. The molecule has 0 aliphatic heterocycles. The predicted molar refractivity (Wildman–Crippen MR) is 162 cm³/mol. The summed E-state index contributed by atoms with van der Waals surface area (Å²) in [4.78, 5) is 17.8. The number of carbonyl (C=O) groups excluding carboxylic acids is 1. The van der Waals surface area contributed by atoms with Gasteiger partial charge in [0.2, 0.25) is 5.91 Å². The summed E-state index contributed by atoms with van der Waals surface area (Å²) in [5.74, 6) is 0.523. The Labute approximate surface area is 240 Å². The summed E-state index contributed by atoms with van der Waals surface area (Å²) in [6.07, 6.45) is 8.70. The molecule has 1 aromatic heterocycles. The topological polar surface area (TPSA) is 71.5 Å². The zero-order valence-corrected chi connectivity index (χ0v) is 23.5. The van der Waals surface area contributed by atoms with Gasteiger partial charge in [0, 0.05) is 21.5 Å². The third kappa shape index (κ3) is 6.79. The van der Waals surface area contributed by atoms with Gasteiger partial charge in [-0.25, -0.2) is 4.98 Å². The molecular weight excluding hydrogens is 520 g/mol. The van der Waals surface area contributed by atoms with E-state index in [1.54, 1.807) is 13.8 Å². The molecule has 3 aromatic carbocycles. The van der Waals surface area contributed by atoms with Gasteiger partial charge in [-0.3, -0.25) is 4.79 Å². The lowest BCUT2D eigenvalue weighted by Crippen LogP contribution is -2.33. The maximum atomic E-state index is 13.1. The Kier molecular flexibility index (Phi) is 8.34. The van der Waals surface area contributed by atoms with E-state index in [1.165, 1.54) is 0 Å². The number of pyridine rings is 1. The van der Waals surface area contributed by atoms with Crippen LogP contribution in [0.15, 0.2) is 90.5 Å². The average Bonchev–Trinajstić information content (AvgIpc) is 3.49. The van der Waals surface area contributed by atoms with Crippen LogP contribution in [0.4, 0.5) is 0 Å². The molecule has 0 spiro atoms.